The lowest BCUT2D eigenvalue weighted by Gasteiger charge is -2.15. The molecule has 2 unspecified atom stereocenters. The summed E-state index contributed by atoms with van der Waals surface area (Å²) in [6.07, 6.45) is 4.09. The second-order valence-corrected chi connectivity index (χ2v) is 5.95. The van der Waals surface area contributed by atoms with E-state index < -0.39 is 0 Å². The second kappa shape index (κ2) is 5.92. The zero-order chi connectivity index (χ0) is 13.1. The molecule has 0 amide bonds. The van der Waals surface area contributed by atoms with Gasteiger partial charge in [-0.3, -0.25) is 0 Å². The Bertz CT molecular complexity index is 405. The zero-order valence-electron chi connectivity index (χ0n) is 11.0. The predicted molar refractivity (Wildman–Crippen MR) is 72.9 cm³/mol. The van der Waals surface area contributed by atoms with Crippen molar-refractivity contribution in [1.29, 1.82) is 0 Å². The van der Waals surface area contributed by atoms with E-state index in [-0.39, 0.29) is 17.3 Å². The third kappa shape index (κ3) is 3.38. The molecule has 0 aromatic heterocycles. The van der Waals surface area contributed by atoms with Crippen LogP contribution in [0.25, 0.3) is 0 Å². The molecule has 0 radical (unpaired) electrons. The molecule has 1 aromatic carbocycles. The van der Waals surface area contributed by atoms with Crippen LogP contribution in [0.5, 0.6) is 5.75 Å². The highest BCUT2D eigenvalue weighted by molar-refractivity contribution is 6.20. The van der Waals surface area contributed by atoms with Gasteiger partial charge in [0, 0.05) is 17.4 Å². The fraction of sp³-hybridized carbons (Fsp3) is 0.600. The van der Waals surface area contributed by atoms with Crippen molar-refractivity contribution in [1.82, 2.24) is 0 Å². The van der Waals surface area contributed by atoms with Gasteiger partial charge >= 0.3 is 0 Å². The summed E-state index contributed by atoms with van der Waals surface area (Å²) in [5, 5.41) is 0.242. The second-order valence-electron chi connectivity index (χ2n) is 5.39. The van der Waals surface area contributed by atoms with Crippen LogP contribution in [0.1, 0.15) is 38.7 Å². The summed E-state index contributed by atoms with van der Waals surface area (Å²) >= 11 is 6.22. The third-order valence-corrected chi connectivity index (χ3v) is 4.22. The molecule has 0 saturated carbocycles. The van der Waals surface area contributed by atoms with Crippen LogP contribution in [0.2, 0.25) is 0 Å². The normalized spacial score (nSPS) is 19.7. The van der Waals surface area contributed by atoms with Crippen molar-refractivity contribution < 1.29 is 9.13 Å². The molecule has 0 N–H and O–H groups in total. The Hall–Kier alpha value is -0.760. The summed E-state index contributed by atoms with van der Waals surface area (Å²) in [5.41, 5.74) is 0.992. The summed E-state index contributed by atoms with van der Waals surface area (Å²) in [6.45, 7) is 4.28. The fourth-order valence-electron chi connectivity index (χ4n) is 2.32. The maximum atomic E-state index is 13.1. The van der Waals surface area contributed by atoms with Gasteiger partial charge in [-0.25, -0.2) is 4.39 Å². The number of hydrogen-bond donors (Lipinski definition) is 0. The maximum absolute atomic E-state index is 13.1. The highest BCUT2D eigenvalue weighted by Crippen LogP contribution is 2.31. The van der Waals surface area contributed by atoms with Gasteiger partial charge in [0.05, 0.1) is 0 Å². The topological polar surface area (TPSA) is 9.23 Å². The quantitative estimate of drug-likeness (QED) is 0.713. The van der Waals surface area contributed by atoms with Crippen LogP contribution >= 0.6 is 11.6 Å². The third-order valence-electron chi connectivity index (χ3n) is 3.49. The summed E-state index contributed by atoms with van der Waals surface area (Å²) in [4.78, 5) is 0. The molecule has 1 heterocycles. The molecule has 1 nitrogen and oxygen atoms in total. The largest absolute Gasteiger partial charge is 0.490 e. The van der Waals surface area contributed by atoms with E-state index in [2.05, 4.69) is 13.8 Å². The monoisotopic (exact) mass is 270 g/mol. The van der Waals surface area contributed by atoms with Gasteiger partial charge in [0.15, 0.2) is 0 Å². The highest BCUT2D eigenvalue weighted by Gasteiger charge is 2.23. The Morgan fingerprint density at radius 1 is 1.44 bits per heavy atom. The maximum Gasteiger partial charge on any atom is 0.123 e. The SMILES string of the molecule is CC(C)C(Cl)CCCC1Cc2cc(F)ccc2O1. The molecule has 0 fully saturated rings. The summed E-state index contributed by atoms with van der Waals surface area (Å²) in [5.74, 6) is 1.17. The summed E-state index contributed by atoms with van der Waals surface area (Å²) in [6, 6.07) is 4.76. The molecule has 0 saturated heterocycles. The highest BCUT2D eigenvalue weighted by atomic mass is 35.5. The number of alkyl halides is 1. The lowest BCUT2D eigenvalue weighted by Crippen LogP contribution is -2.14. The molecular weight excluding hydrogens is 251 g/mol. The lowest BCUT2D eigenvalue weighted by atomic mass is 10.0. The Labute approximate surface area is 113 Å². The van der Waals surface area contributed by atoms with Gasteiger partial charge in [-0.15, -0.1) is 11.6 Å². The minimum Gasteiger partial charge on any atom is -0.490 e. The van der Waals surface area contributed by atoms with E-state index in [1.54, 1.807) is 12.1 Å². The van der Waals surface area contributed by atoms with Crippen LogP contribution in [0.3, 0.4) is 0 Å². The number of halogens is 2. The van der Waals surface area contributed by atoms with Crippen molar-refractivity contribution in [2.45, 2.75) is 51.0 Å². The first-order chi connectivity index (χ1) is 8.56. The minimum atomic E-state index is -0.182. The first kappa shape index (κ1) is 13.7. The van der Waals surface area contributed by atoms with Crippen molar-refractivity contribution in [3.63, 3.8) is 0 Å². The van der Waals surface area contributed by atoms with Crippen LogP contribution in [-0.2, 0) is 6.42 Å². The molecule has 1 aliphatic rings. The molecule has 0 bridgehead atoms. The molecule has 1 aliphatic heterocycles. The first-order valence-electron chi connectivity index (χ1n) is 6.65. The molecule has 0 aliphatic carbocycles. The first-order valence-corrected chi connectivity index (χ1v) is 7.09. The van der Waals surface area contributed by atoms with Gasteiger partial charge in [-0.2, -0.15) is 0 Å². The van der Waals surface area contributed by atoms with Crippen molar-refractivity contribution >= 4 is 11.6 Å². The van der Waals surface area contributed by atoms with Crippen LogP contribution < -0.4 is 4.74 Å². The Balaban J connectivity index is 1.78. The van der Waals surface area contributed by atoms with Gasteiger partial charge in [0.25, 0.3) is 0 Å². The number of hydrogen-bond acceptors (Lipinski definition) is 1. The number of benzene rings is 1. The Kier molecular flexibility index (Phi) is 4.50. The van der Waals surface area contributed by atoms with E-state index in [1.807, 2.05) is 0 Å². The molecule has 2 rings (SSSR count). The van der Waals surface area contributed by atoms with E-state index in [1.165, 1.54) is 6.07 Å². The zero-order valence-corrected chi connectivity index (χ0v) is 11.7. The van der Waals surface area contributed by atoms with Gasteiger partial charge in [-0.1, -0.05) is 13.8 Å². The van der Waals surface area contributed by atoms with Crippen molar-refractivity contribution in [3.05, 3.63) is 29.6 Å². The van der Waals surface area contributed by atoms with E-state index in [0.29, 0.717) is 5.92 Å². The Morgan fingerprint density at radius 2 is 2.22 bits per heavy atom. The van der Waals surface area contributed by atoms with Crippen molar-refractivity contribution in [2.24, 2.45) is 5.92 Å². The van der Waals surface area contributed by atoms with E-state index in [4.69, 9.17) is 16.3 Å². The molecule has 18 heavy (non-hydrogen) atoms. The summed E-state index contributed by atoms with van der Waals surface area (Å²) in [7, 11) is 0. The van der Waals surface area contributed by atoms with E-state index in [9.17, 15) is 4.39 Å². The van der Waals surface area contributed by atoms with Crippen LogP contribution in [0, 0.1) is 11.7 Å². The average molecular weight is 271 g/mol. The van der Waals surface area contributed by atoms with Crippen LogP contribution in [0.4, 0.5) is 4.39 Å². The molecule has 1 aromatic rings. The number of ether oxygens (including phenoxy) is 1. The number of rotatable bonds is 5. The van der Waals surface area contributed by atoms with Gasteiger partial charge in [-0.05, 0) is 43.4 Å². The van der Waals surface area contributed by atoms with E-state index in [0.717, 1.165) is 37.0 Å². The lowest BCUT2D eigenvalue weighted by molar-refractivity contribution is 0.216. The minimum absolute atomic E-state index is 0.182. The van der Waals surface area contributed by atoms with Crippen LogP contribution in [0.15, 0.2) is 18.2 Å². The molecule has 100 valence electrons. The Morgan fingerprint density at radius 3 is 2.94 bits per heavy atom. The number of fused-ring (bicyclic) bond motifs is 1. The molecule has 3 heteroatoms. The van der Waals surface area contributed by atoms with Crippen LogP contribution in [-0.4, -0.2) is 11.5 Å². The van der Waals surface area contributed by atoms with Gasteiger partial charge in [0.2, 0.25) is 0 Å². The fourth-order valence-corrected chi connectivity index (χ4v) is 2.48. The standard InChI is InChI=1S/C15H20ClFO/c1-10(2)14(16)5-3-4-13-9-11-8-12(17)6-7-15(11)18-13/h6-8,10,13-14H,3-5,9H2,1-2H3. The molecular formula is C15H20ClFO. The van der Waals surface area contributed by atoms with Crippen molar-refractivity contribution in [3.8, 4) is 5.75 Å². The van der Waals surface area contributed by atoms with Gasteiger partial charge < -0.3 is 4.74 Å². The molecule has 0 spiro atoms. The predicted octanol–water partition coefficient (Wildman–Crippen LogP) is 4.56. The average Bonchev–Trinajstić information content (AvgIpc) is 2.70. The van der Waals surface area contributed by atoms with Gasteiger partial charge in [0.1, 0.15) is 17.7 Å². The summed E-state index contributed by atoms with van der Waals surface area (Å²) < 4.78 is 18.9. The van der Waals surface area contributed by atoms with Crippen molar-refractivity contribution in [2.75, 3.05) is 0 Å². The molecule has 2 atom stereocenters. The van der Waals surface area contributed by atoms with E-state index >= 15 is 0 Å². The smallest absolute Gasteiger partial charge is 0.123 e.